The Kier molecular flexibility index (Phi) is 3.81. The molecule has 1 aliphatic carbocycles. The molecule has 1 atom stereocenters. The molecule has 0 spiro atoms. The number of hydrogen-bond donors (Lipinski definition) is 0. The lowest BCUT2D eigenvalue weighted by atomic mass is 9.88. The van der Waals surface area contributed by atoms with Gasteiger partial charge in [0.05, 0.1) is 11.9 Å². The SMILES string of the molecule is C1=NN=NN2C=C3C=c4cc5cc6cc7cc8cc9ccccc9cc8cc7cc6cc5cc4=CC3C=C12. The van der Waals surface area contributed by atoms with Crippen molar-refractivity contribution in [1.29, 1.82) is 0 Å². The summed E-state index contributed by atoms with van der Waals surface area (Å²) in [4.78, 5) is 0. The van der Waals surface area contributed by atoms with E-state index in [-0.39, 0.29) is 5.92 Å². The number of nitrogens with zero attached hydrogens (tertiary/aromatic N) is 4. The first-order valence-electron chi connectivity index (χ1n) is 12.9. The molecule has 1 unspecified atom stereocenters. The molecule has 3 aliphatic rings. The van der Waals surface area contributed by atoms with Gasteiger partial charge >= 0.3 is 0 Å². The molecule has 0 saturated heterocycles. The predicted octanol–water partition coefficient (Wildman–Crippen LogP) is 7.09. The van der Waals surface area contributed by atoms with Crippen LogP contribution in [-0.4, -0.2) is 11.2 Å². The van der Waals surface area contributed by atoms with E-state index in [2.05, 4.69) is 125 Å². The van der Waals surface area contributed by atoms with Gasteiger partial charge in [-0.1, -0.05) is 30.3 Å². The van der Waals surface area contributed by atoms with E-state index < -0.39 is 0 Å². The minimum Gasteiger partial charge on any atom is -0.219 e. The second kappa shape index (κ2) is 7.24. The molecule has 0 saturated carbocycles. The van der Waals surface area contributed by atoms with Gasteiger partial charge in [-0.3, -0.25) is 0 Å². The summed E-state index contributed by atoms with van der Waals surface area (Å²) in [5.74, 6) is 0.208. The maximum Gasteiger partial charge on any atom is 0.0835 e. The van der Waals surface area contributed by atoms with Crippen molar-refractivity contribution < 1.29 is 0 Å². The molecule has 0 aromatic heterocycles. The number of benzene rings is 6. The topological polar surface area (TPSA) is 40.3 Å². The minimum atomic E-state index is 0.208. The molecule has 4 heteroatoms. The lowest BCUT2D eigenvalue weighted by Crippen LogP contribution is -2.32. The van der Waals surface area contributed by atoms with Gasteiger partial charge in [-0.25, -0.2) is 5.01 Å². The predicted molar refractivity (Wildman–Crippen MR) is 157 cm³/mol. The van der Waals surface area contributed by atoms with Gasteiger partial charge in [0.1, 0.15) is 0 Å². The van der Waals surface area contributed by atoms with Gasteiger partial charge < -0.3 is 0 Å². The van der Waals surface area contributed by atoms with Crippen molar-refractivity contribution in [2.24, 2.45) is 21.5 Å². The van der Waals surface area contributed by atoms with Crippen LogP contribution in [0.15, 0.2) is 124 Å². The van der Waals surface area contributed by atoms with Crippen LogP contribution in [0.2, 0.25) is 0 Å². The standard InChI is InChI=1S/C34H20N4/c1-2-4-21-6-23-8-25-10-27-12-29-14-31-16-33-19-38-34(18-35-36-37-38)17-32(33)15-30(31)13-28(29)11-26(27)9-24(25)7-22(23)5-20(21)3-1/h1-19,32H. The molecule has 0 bridgehead atoms. The summed E-state index contributed by atoms with van der Waals surface area (Å²) >= 11 is 0. The Hall–Kier alpha value is -5.09. The van der Waals surface area contributed by atoms with Crippen LogP contribution in [0.5, 0.6) is 0 Å². The van der Waals surface area contributed by atoms with E-state index in [4.69, 9.17) is 0 Å². The average molecular weight is 485 g/mol. The molecule has 0 radical (unpaired) electrons. The Labute approximate surface area is 217 Å². The van der Waals surface area contributed by atoms with E-state index in [1.165, 1.54) is 69.9 Å². The van der Waals surface area contributed by atoms with Crippen molar-refractivity contribution in [2.45, 2.75) is 0 Å². The highest BCUT2D eigenvalue weighted by Crippen LogP contribution is 2.32. The fraction of sp³-hybridized carbons (Fsp3) is 0.0294. The van der Waals surface area contributed by atoms with Gasteiger partial charge in [-0.15, -0.1) is 5.10 Å². The molecule has 6 aromatic carbocycles. The lowest BCUT2D eigenvalue weighted by molar-refractivity contribution is 0.452. The third kappa shape index (κ3) is 2.94. The second-order valence-electron chi connectivity index (χ2n) is 10.5. The number of hydrogen-bond acceptors (Lipinski definition) is 4. The molecule has 176 valence electrons. The quantitative estimate of drug-likeness (QED) is 0.212. The highest BCUT2D eigenvalue weighted by molar-refractivity contribution is 6.10. The van der Waals surface area contributed by atoms with E-state index in [9.17, 15) is 0 Å². The molecule has 4 nitrogen and oxygen atoms in total. The number of rotatable bonds is 0. The van der Waals surface area contributed by atoms with Crippen LogP contribution in [0.1, 0.15) is 0 Å². The molecular weight excluding hydrogens is 464 g/mol. The molecule has 9 rings (SSSR count). The van der Waals surface area contributed by atoms with Gasteiger partial charge in [0, 0.05) is 12.1 Å². The van der Waals surface area contributed by atoms with Crippen molar-refractivity contribution in [3.63, 3.8) is 0 Å². The van der Waals surface area contributed by atoms with Crippen molar-refractivity contribution in [3.8, 4) is 0 Å². The number of fused-ring (bicyclic) bond motifs is 8. The Morgan fingerprint density at radius 1 is 0.553 bits per heavy atom. The van der Waals surface area contributed by atoms with Crippen molar-refractivity contribution in [3.05, 3.63) is 119 Å². The van der Waals surface area contributed by atoms with E-state index in [0.717, 1.165) is 5.70 Å². The summed E-state index contributed by atoms with van der Waals surface area (Å²) in [7, 11) is 0. The van der Waals surface area contributed by atoms with Gasteiger partial charge in [0.25, 0.3) is 0 Å². The lowest BCUT2D eigenvalue weighted by Gasteiger charge is -2.26. The first-order valence-corrected chi connectivity index (χ1v) is 12.9. The van der Waals surface area contributed by atoms with Crippen molar-refractivity contribution in [1.82, 2.24) is 5.01 Å². The Morgan fingerprint density at radius 2 is 1.08 bits per heavy atom. The number of allylic oxidation sites excluding steroid dienone is 3. The van der Waals surface area contributed by atoms with Gasteiger partial charge in [0.15, 0.2) is 0 Å². The third-order valence-electron chi connectivity index (χ3n) is 8.10. The van der Waals surface area contributed by atoms with Crippen molar-refractivity contribution in [2.75, 3.05) is 0 Å². The van der Waals surface area contributed by atoms with Crippen LogP contribution in [0, 0.1) is 5.92 Å². The average Bonchev–Trinajstić information content (AvgIpc) is 2.93. The van der Waals surface area contributed by atoms with Gasteiger partial charge in [-0.05, 0) is 153 Å². The summed E-state index contributed by atoms with van der Waals surface area (Å²) < 4.78 is 0. The van der Waals surface area contributed by atoms with E-state index >= 15 is 0 Å². The van der Waals surface area contributed by atoms with E-state index in [0.29, 0.717) is 0 Å². The molecular formula is C34H20N4. The zero-order valence-electron chi connectivity index (χ0n) is 20.3. The normalized spacial score (nSPS) is 17.7. The second-order valence-corrected chi connectivity index (χ2v) is 10.5. The van der Waals surface area contributed by atoms with Crippen LogP contribution < -0.4 is 10.4 Å². The fourth-order valence-electron chi connectivity index (χ4n) is 6.19. The maximum atomic E-state index is 4.12. The highest BCUT2D eigenvalue weighted by atomic mass is 15.6. The van der Waals surface area contributed by atoms with Gasteiger partial charge in [-0.2, -0.15) is 0 Å². The maximum absolute atomic E-state index is 4.12. The molecule has 2 heterocycles. The molecule has 0 N–H and O–H groups in total. The van der Waals surface area contributed by atoms with Crippen molar-refractivity contribution >= 4 is 72.2 Å². The van der Waals surface area contributed by atoms with Crippen LogP contribution in [0.3, 0.4) is 0 Å². The summed E-state index contributed by atoms with van der Waals surface area (Å²) in [6.07, 6.45) is 10.6. The summed E-state index contributed by atoms with van der Waals surface area (Å²) in [6.45, 7) is 0. The molecule has 38 heavy (non-hydrogen) atoms. The summed E-state index contributed by atoms with van der Waals surface area (Å²) in [5.41, 5.74) is 2.17. The zero-order valence-corrected chi connectivity index (χ0v) is 20.3. The van der Waals surface area contributed by atoms with Crippen LogP contribution in [0.4, 0.5) is 0 Å². The monoisotopic (exact) mass is 484 g/mol. The molecule has 0 amide bonds. The first kappa shape index (κ1) is 20.0. The third-order valence-corrected chi connectivity index (χ3v) is 8.10. The Balaban J connectivity index is 1.24. The fourth-order valence-corrected chi connectivity index (χ4v) is 6.19. The first-order chi connectivity index (χ1) is 18.7. The zero-order chi connectivity index (χ0) is 24.8. The molecule has 6 aromatic rings. The summed E-state index contributed by atoms with van der Waals surface area (Å²) in [6, 6.07) is 31.8. The Morgan fingerprint density at radius 3 is 1.68 bits per heavy atom. The Bertz CT molecular complexity index is 2300. The molecule has 0 fully saturated rings. The highest BCUT2D eigenvalue weighted by Gasteiger charge is 2.21. The van der Waals surface area contributed by atoms with Crippen LogP contribution in [-0.2, 0) is 0 Å². The van der Waals surface area contributed by atoms with E-state index in [1.54, 1.807) is 11.2 Å². The van der Waals surface area contributed by atoms with Gasteiger partial charge in [0.2, 0.25) is 0 Å². The smallest absolute Gasteiger partial charge is 0.0835 e. The minimum absolute atomic E-state index is 0.208. The largest absolute Gasteiger partial charge is 0.219 e. The van der Waals surface area contributed by atoms with Crippen LogP contribution in [0.25, 0.3) is 66.0 Å². The van der Waals surface area contributed by atoms with E-state index in [1.807, 2.05) is 0 Å². The molecule has 2 aliphatic heterocycles. The summed E-state index contributed by atoms with van der Waals surface area (Å²) in [5, 5.41) is 28.8. The van der Waals surface area contributed by atoms with Crippen LogP contribution >= 0.6 is 0 Å².